The second kappa shape index (κ2) is 5.28. The van der Waals surface area contributed by atoms with E-state index in [1.807, 2.05) is 31.5 Å². The first-order chi connectivity index (χ1) is 9.74. The van der Waals surface area contributed by atoms with Crippen LogP contribution < -0.4 is 4.90 Å². The third-order valence-electron chi connectivity index (χ3n) is 3.39. The summed E-state index contributed by atoms with van der Waals surface area (Å²) in [6, 6.07) is 6.18. The maximum absolute atomic E-state index is 4.41. The van der Waals surface area contributed by atoms with Gasteiger partial charge in [-0.05, 0) is 37.1 Å². The lowest BCUT2D eigenvalue weighted by molar-refractivity contribution is 0.860. The van der Waals surface area contributed by atoms with Crippen molar-refractivity contribution >= 4 is 16.9 Å². The molecule has 0 aromatic carbocycles. The number of nitrogens with zero attached hydrogens (tertiary/aromatic N) is 4. The lowest BCUT2D eigenvalue weighted by Crippen LogP contribution is -2.21. The van der Waals surface area contributed by atoms with Crippen LogP contribution >= 0.6 is 0 Å². The zero-order chi connectivity index (χ0) is 13.9. The van der Waals surface area contributed by atoms with Crippen LogP contribution in [-0.2, 0) is 6.42 Å². The van der Waals surface area contributed by atoms with Crippen LogP contribution in [0.25, 0.3) is 11.0 Å². The number of aryl methyl sites for hydroxylation is 1. The molecule has 0 radical (unpaired) electrons. The number of rotatable bonds is 4. The predicted molar refractivity (Wildman–Crippen MR) is 79.8 cm³/mol. The van der Waals surface area contributed by atoms with Crippen molar-refractivity contribution in [2.45, 2.75) is 13.3 Å². The van der Waals surface area contributed by atoms with Gasteiger partial charge in [0.25, 0.3) is 0 Å². The highest BCUT2D eigenvalue weighted by Gasteiger charge is 2.10. The second-order valence-corrected chi connectivity index (χ2v) is 4.94. The smallest absolute Gasteiger partial charge is 0.143 e. The first-order valence-corrected chi connectivity index (χ1v) is 6.64. The molecule has 5 heteroatoms. The van der Waals surface area contributed by atoms with Crippen LogP contribution in [0.4, 0.5) is 5.82 Å². The Morgan fingerprint density at radius 1 is 1.20 bits per heavy atom. The molecule has 3 aromatic heterocycles. The molecule has 3 rings (SSSR count). The molecule has 0 atom stereocenters. The van der Waals surface area contributed by atoms with Gasteiger partial charge in [0, 0.05) is 31.7 Å². The molecule has 20 heavy (non-hydrogen) atoms. The number of hydrogen-bond acceptors (Lipinski definition) is 4. The summed E-state index contributed by atoms with van der Waals surface area (Å²) in [5.74, 6) is 0.966. The molecule has 0 aliphatic rings. The Morgan fingerprint density at radius 3 is 2.80 bits per heavy atom. The highest BCUT2D eigenvalue weighted by atomic mass is 15.2. The Morgan fingerprint density at radius 2 is 2.00 bits per heavy atom. The van der Waals surface area contributed by atoms with Crippen molar-refractivity contribution in [2.75, 3.05) is 18.5 Å². The molecule has 0 amide bonds. The van der Waals surface area contributed by atoms with Crippen LogP contribution in [0.3, 0.4) is 0 Å². The quantitative estimate of drug-likeness (QED) is 0.788. The number of aromatic amines is 1. The van der Waals surface area contributed by atoms with Crippen LogP contribution in [-0.4, -0.2) is 33.5 Å². The van der Waals surface area contributed by atoms with E-state index in [2.05, 4.69) is 37.9 Å². The SMILES string of the molecule is Cc1cc2c(N(C)CCc3ccncc3)ncnc2[nH]1. The Kier molecular flexibility index (Phi) is 3.33. The molecule has 0 spiro atoms. The van der Waals surface area contributed by atoms with Gasteiger partial charge in [0.1, 0.15) is 17.8 Å². The topological polar surface area (TPSA) is 57.7 Å². The number of fused-ring (bicyclic) bond motifs is 1. The van der Waals surface area contributed by atoms with E-state index in [0.29, 0.717) is 0 Å². The van der Waals surface area contributed by atoms with E-state index in [9.17, 15) is 0 Å². The summed E-state index contributed by atoms with van der Waals surface area (Å²) < 4.78 is 0. The molecule has 0 saturated heterocycles. The molecular weight excluding hydrogens is 250 g/mol. The van der Waals surface area contributed by atoms with Gasteiger partial charge in [0.2, 0.25) is 0 Å². The fourth-order valence-corrected chi connectivity index (χ4v) is 2.31. The first kappa shape index (κ1) is 12.6. The number of H-pyrrole nitrogens is 1. The molecule has 0 aliphatic heterocycles. The van der Waals surface area contributed by atoms with E-state index in [-0.39, 0.29) is 0 Å². The maximum Gasteiger partial charge on any atom is 0.143 e. The largest absolute Gasteiger partial charge is 0.359 e. The van der Waals surface area contributed by atoms with Gasteiger partial charge in [-0.25, -0.2) is 9.97 Å². The molecule has 0 unspecified atom stereocenters. The molecule has 102 valence electrons. The monoisotopic (exact) mass is 267 g/mol. The Bertz CT molecular complexity index is 705. The number of aromatic nitrogens is 4. The summed E-state index contributed by atoms with van der Waals surface area (Å²) in [6.45, 7) is 2.93. The summed E-state index contributed by atoms with van der Waals surface area (Å²) >= 11 is 0. The van der Waals surface area contributed by atoms with Gasteiger partial charge in [-0.15, -0.1) is 0 Å². The zero-order valence-corrected chi connectivity index (χ0v) is 11.7. The van der Waals surface area contributed by atoms with Crippen LogP contribution in [0.15, 0.2) is 36.9 Å². The van der Waals surface area contributed by atoms with Crippen molar-refractivity contribution in [2.24, 2.45) is 0 Å². The minimum atomic E-state index is 0.892. The van der Waals surface area contributed by atoms with E-state index in [4.69, 9.17) is 0 Å². The molecule has 0 fully saturated rings. The number of likely N-dealkylation sites (N-methyl/N-ethyl adjacent to an activating group) is 1. The fourth-order valence-electron chi connectivity index (χ4n) is 2.31. The molecule has 0 bridgehead atoms. The summed E-state index contributed by atoms with van der Waals surface area (Å²) in [5, 5.41) is 1.07. The highest BCUT2D eigenvalue weighted by Crippen LogP contribution is 2.22. The molecule has 3 heterocycles. The molecular formula is C15H17N5. The second-order valence-electron chi connectivity index (χ2n) is 4.94. The minimum Gasteiger partial charge on any atom is -0.359 e. The highest BCUT2D eigenvalue weighted by molar-refractivity contribution is 5.87. The molecule has 0 saturated carbocycles. The van der Waals surface area contributed by atoms with E-state index in [1.165, 1.54) is 5.56 Å². The van der Waals surface area contributed by atoms with Crippen molar-refractivity contribution in [3.63, 3.8) is 0 Å². The van der Waals surface area contributed by atoms with E-state index in [0.717, 1.165) is 35.5 Å². The summed E-state index contributed by atoms with van der Waals surface area (Å²) in [5.41, 5.74) is 3.27. The van der Waals surface area contributed by atoms with Gasteiger partial charge < -0.3 is 9.88 Å². The summed E-state index contributed by atoms with van der Waals surface area (Å²) in [7, 11) is 2.06. The van der Waals surface area contributed by atoms with Gasteiger partial charge in [0.15, 0.2) is 0 Å². The van der Waals surface area contributed by atoms with Gasteiger partial charge in [0.05, 0.1) is 5.39 Å². The summed E-state index contributed by atoms with van der Waals surface area (Å²) in [6.07, 6.45) is 6.23. The lowest BCUT2D eigenvalue weighted by Gasteiger charge is -2.18. The first-order valence-electron chi connectivity index (χ1n) is 6.64. The standard InChI is InChI=1S/C15H17N5/c1-11-9-13-14(19-11)17-10-18-15(13)20(2)8-5-12-3-6-16-7-4-12/h3-4,6-7,9-10H,5,8H2,1-2H3,(H,17,18,19). The van der Waals surface area contributed by atoms with Crippen molar-refractivity contribution in [1.82, 2.24) is 19.9 Å². The molecule has 1 N–H and O–H groups in total. The fraction of sp³-hybridized carbons (Fsp3) is 0.267. The normalized spacial score (nSPS) is 10.9. The number of anilines is 1. The van der Waals surface area contributed by atoms with Crippen LogP contribution in [0.1, 0.15) is 11.3 Å². The van der Waals surface area contributed by atoms with Crippen molar-refractivity contribution < 1.29 is 0 Å². The van der Waals surface area contributed by atoms with E-state index in [1.54, 1.807) is 6.33 Å². The van der Waals surface area contributed by atoms with Gasteiger partial charge in [-0.2, -0.15) is 0 Å². The van der Waals surface area contributed by atoms with Crippen LogP contribution in [0.5, 0.6) is 0 Å². The van der Waals surface area contributed by atoms with Gasteiger partial charge in [-0.1, -0.05) is 0 Å². The van der Waals surface area contributed by atoms with Crippen molar-refractivity contribution in [1.29, 1.82) is 0 Å². The van der Waals surface area contributed by atoms with E-state index < -0.39 is 0 Å². The average Bonchev–Trinajstić information content (AvgIpc) is 2.85. The number of pyridine rings is 1. The lowest BCUT2D eigenvalue weighted by atomic mass is 10.2. The predicted octanol–water partition coefficient (Wildman–Crippen LogP) is 2.34. The Labute approximate surface area is 117 Å². The van der Waals surface area contributed by atoms with E-state index >= 15 is 0 Å². The summed E-state index contributed by atoms with van der Waals surface area (Å²) in [4.78, 5) is 18.1. The Hall–Kier alpha value is -2.43. The van der Waals surface area contributed by atoms with Crippen molar-refractivity contribution in [3.05, 3.63) is 48.2 Å². The van der Waals surface area contributed by atoms with Crippen LogP contribution in [0, 0.1) is 6.92 Å². The zero-order valence-electron chi connectivity index (χ0n) is 11.7. The third kappa shape index (κ3) is 2.47. The third-order valence-corrected chi connectivity index (χ3v) is 3.39. The maximum atomic E-state index is 4.41. The van der Waals surface area contributed by atoms with Crippen molar-refractivity contribution in [3.8, 4) is 0 Å². The average molecular weight is 267 g/mol. The molecule has 0 aliphatic carbocycles. The number of nitrogens with one attached hydrogen (secondary N) is 1. The number of hydrogen-bond donors (Lipinski definition) is 1. The minimum absolute atomic E-state index is 0.892. The van der Waals surface area contributed by atoms with Gasteiger partial charge in [-0.3, -0.25) is 4.98 Å². The Balaban J connectivity index is 1.80. The molecule has 5 nitrogen and oxygen atoms in total. The van der Waals surface area contributed by atoms with Crippen LogP contribution in [0.2, 0.25) is 0 Å². The van der Waals surface area contributed by atoms with Gasteiger partial charge >= 0.3 is 0 Å². The molecule has 3 aromatic rings.